The minimum atomic E-state index is 0.190. The Balaban J connectivity index is 1.53. The van der Waals surface area contributed by atoms with Gasteiger partial charge in [-0.2, -0.15) is 0 Å². The van der Waals surface area contributed by atoms with Gasteiger partial charge in [0.05, 0.1) is 24.9 Å². The topological polar surface area (TPSA) is 61.8 Å². The minimum absolute atomic E-state index is 0.190. The Hall–Kier alpha value is -1.96. The van der Waals surface area contributed by atoms with Crippen molar-refractivity contribution in [3.8, 4) is 10.6 Å². The van der Waals surface area contributed by atoms with E-state index in [0.717, 1.165) is 61.6 Å². The summed E-state index contributed by atoms with van der Waals surface area (Å²) < 4.78 is 5.94. The lowest BCUT2D eigenvalue weighted by atomic mass is 10.2. The number of aliphatic imine (C=N–C) groups is 1. The SMILES string of the molecule is CCNC(=NCc1csc(-c2ccccc2)n1)NCC1CN(CC(C)C)CCO1. The van der Waals surface area contributed by atoms with Crippen molar-refractivity contribution < 1.29 is 4.74 Å². The molecule has 2 aromatic rings. The molecule has 158 valence electrons. The molecule has 3 rings (SSSR count). The van der Waals surface area contributed by atoms with Gasteiger partial charge in [-0.1, -0.05) is 44.2 Å². The number of nitrogens with one attached hydrogen (secondary N) is 2. The first-order valence-electron chi connectivity index (χ1n) is 10.5. The van der Waals surface area contributed by atoms with Gasteiger partial charge in [0.1, 0.15) is 5.01 Å². The number of thiazole rings is 1. The van der Waals surface area contributed by atoms with Crippen LogP contribution in [0.3, 0.4) is 0 Å². The normalized spacial score (nSPS) is 18.2. The summed E-state index contributed by atoms with van der Waals surface area (Å²) >= 11 is 1.66. The van der Waals surface area contributed by atoms with Crippen molar-refractivity contribution >= 4 is 17.3 Å². The fourth-order valence-electron chi connectivity index (χ4n) is 3.39. The van der Waals surface area contributed by atoms with Crippen molar-refractivity contribution in [2.45, 2.75) is 33.4 Å². The fraction of sp³-hybridized carbons (Fsp3) is 0.545. The third kappa shape index (κ3) is 7.10. The Morgan fingerprint density at radius 3 is 2.90 bits per heavy atom. The summed E-state index contributed by atoms with van der Waals surface area (Å²) in [6.45, 7) is 12.7. The highest BCUT2D eigenvalue weighted by molar-refractivity contribution is 7.13. The van der Waals surface area contributed by atoms with Gasteiger partial charge in [-0.15, -0.1) is 11.3 Å². The predicted molar refractivity (Wildman–Crippen MR) is 121 cm³/mol. The van der Waals surface area contributed by atoms with E-state index < -0.39 is 0 Å². The summed E-state index contributed by atoms with van der Waals surface area (Å²) in [7, 11) is 0. The van der Waals surface area contributed by atoms with Crippen molar-refractivity contribution in [1.29, 1.82) is 0 Å². The van der Waals surface area contributed by atoms with Crippen LogP contribution in [0.2, 0.25) is 0 Å². The lowest BCUT2D eigenvalue weighted by Crippen LogP contribution is -2.50. The van der Waals surface area contributed by atoms with Crippen molar-refractivity contribution in [2.24, 2.45) is 10.9 Å². The number of aromatic nitrogens is 1. The summed E-state index contributed by atoms with van der Waals surface area (Å²) in [5, 5.41) is 9.88. The number of hydrogen-bond donors (Lipinski definition) is 2. The zero-order chi connectivity index (χ0) is 20.5. The molecule has 0 spiro atoms. The van der Waals surface area contributed by atoms with Crippen LogP contribution in [0.1, 0.15) is 26.5 Å². The Labute approximate surface area is 178 Å². The van der Waals surface area contributed by atoms with Crippen molar-refractivity contribution in [3.63, 3.8) is 0 Å². The number of benzene rings is 1. The highest BCUT2D eigenvalue weighted by atomic mass is 32.1. The molecule has 1 aliphatic rings. The number of morpholine rings is 1. The molecule has 1 saturated heterocycles. The van der Waals surface area contributed by atoms with Crippen molar-refractivity contribution in [1.82, 2.24) is 20.5 Å². The van der Waals surface area contributed by atoms with Crippen LogP contribution in [0.5, 0.6) is 0 Å². The number of nitrogens with zero attached hydrogens (tertiary/aromatic N) is 3. The Morgan fingerprint density at radius 1 is 1.31 bits per heavy atom. The highest BCUT2D eigenvalue weighted by Gasteiger charge is 2.21. The molecule has 1 aliphatic heterocycles. The molecule has 1 fully saturated rings. The van der Waals surface area contributed by atoms with Gasteiger partial charge in [0.15, 0.2) is 5.96 Å². The summed E-state index contributed by atoms with van der Waals surface area (Å²) in [6.07, 6.45) is 0.190. The smallest absolute Gasteiger partial charge is 0.191 e. The van der Waals surface area contributed by atoms with Crippen LogP contribution in [0.4, 0.5) is 0 Å². The average molecular weight is 416 g/mol. The molecule has 1 aromatic heterocycles. The van der Waals surface area contributed by atoms with Gasteiger partial charge >= 0.3 is 0 Å². The highest BCUT2D eigenvalue weighted by Crippen LogP contribution is 2.23. The Bertz CT molecular complexity index is 762. The molecule has 0 bridgehead atoms. The predicted octanol–water partition coefficient (Wildman–Crippen LogP) is 3.22. The third-order valence-corrected chi connectivity index (χ3v) is 5.60. The van der Waals surface area contributed by atoms with Gasteiger partial charge in [0.25, 0.3) is 0 Å². The number of ether oxygens (including phenoxy) is 1. The molecule has 7 heteroatoms. The summed E-state index contributed by atoms with van der Waals surface area (Å²) in [5.74, 6) is 1.49. The summed E-state index contributed by atoms with van der Waals surface area (Å²) in [4.78, 5) is 11.9. The van der Waals surface area contributed by atoms with E-state index in [1.54, 1.807) is 11.3 Å². The minimum Gasteiger partial charge on any atom is -0.374 e. The van der Waals surface area contributed by atoms with E-state index in [4.69, 9.17) is 14.7 Å². The first-order valence-corrected chi connectivity index (χ1v) is 11.4. The lowest BCUT2D eigenvalue weighted by molar-refractivity contribution is -0.0284. The molecule has 6 nitrogen and oxygen atoms in total. The van der Waals surface area contributed by atoms with E-state index in [2.05, 4.69) is 53.8 Å². The second-order valence-electron chi connectivity index (χ2n) is 7.73. The molecule has 29 heavy (non-hydrogen) atoms. The van der Waals surface area contributed by atoms with Gasteiger partial charge in [-0.3, -0.25) is 4.90 Å². The van der Waals surface area contributed by atoms with Crippen LogP contribution in [0, 0.1) is 5.92 Å². The number of rotatable bonds is 8. The number of guanidine groups is 1. The quantitative estimate of drug-likeness (QED) is 0.512. The van der Waals surface area contributed by atoms with Crippen molar-refractivity contribution in [2.75, 3.05) is 39.3 Å². The molecule has 0 amide bonds. The van der Waals surface area contributed by atoms with E-state index in [9.17, 15) is 0 Å². The van der Waals surface area contributed by atoms with Gasteiger partial charge in [-0.25, -0.2) is 9.98 Å². The first kappa shape index (κ1) is 21.7. The molecular weight excluding hydrogens is 382 g/mol. The van der Waals surface area contributed by atoms with E-state index in [1.807, 2.05) is 18.2 Å². The molecule has 2 heterocycles. The van der Waals surface area contributed by atoms with Crippen molar-refractivity contribution in [3.05, 3.63) is 41.4 Å². The summed E-state index contributed by atoms with van der Waals surface area (Å²) in [5.41, 5.74) is 2.14. The maximum Gasteiger partial charge on any atom is 0.191 e. The fourth-order valence-corrected chi connectivity index (χ4v) is 4.21. The molecule has 1 unspecified atom stereocenters. The monoisotopic (exact) mass is 415 g/mol. The molecule has 0 radical (unpaired) electrons. The summed E-state index contributed by atoms with van der Waals surface area (Å²) in [6, 6.07) is 10.3. The van der Waals surface area contributed by atoms with Crippen LogP contribution in [-0.4, -0.2) is 61.3 Å². The van der Waals surface area contributed by atoms with E-state index in [1.165, 1.54) is 0 Å². The standard InChI is InChI=1S/C22H33N5OS/c1-4-23-22(25-13-20-15-27(10-11-28-20)14-17(2)3)24-12-19-16-29-21(26-19)18-8-6-5-7-9-18/h5-9,16-17,20H,4,10-15H2,1-3H3,(H2,23,24,25). The maximum atomic E-state index is 5.94. The molecule has 1 aromatic carbocycles. The van der Waals surface area contributed by atoms with Crippen LogP contribution in [-0.2, 0) is 11.3 Å². The van der Waals surface area contributed by atoms with Gasteiger partial charge in [0.2, 0.25) is 0 Å². The van der Waals surface area contributed by atoms with Crippen LogP contribution in [0.25, 0.3) is 10.6 Å². The molecule has 0 aliphatic carbocycles. The second kappa shape index (κ2) is 11.3. The van der Waals surface area contributed by atoms with E-state index in [0.29, 0.717) is 12.5 Å². The Kier molecular flexibility index (Phi) is 8.46. The zero-order valence-electron chi connectivity index (χ0n) is 17.7. The molecule has 0 saturated carbocycles. The zero-order valence-corrected chi connectivity index (χ0v) is 18.5. The van der Waals surface area contributed by atoms with Crippen LogP contribution >= 0.6 is 11.3 Å². The third-order valence-electron chi connectivity index (χ3n) is 4.66. The second-order valence-corrected chi connectivity index (χ2v) is 8.59. The molecule has 2 N–H and O–H groups in total. The molecule has 1 atom stereocenters. The largest absolute Gasteiger partial charge is 0.374 e. The lowest BCUT2D eigenvalue weighted by Gasteiger charge is -2.34. The maximum absolute atomic E-state index is 5.94. The van der Waals surface area contributed by atoms with E-state index >= 15 is 0 Å². The van der Waals surface area contributed by atoms with Gasteiger partial charge in [0, 0.05) is 43.7 Å². The van der Waals surface area contributed by atoms with E-state index in [-0.39, 0.29) is 6.10 Å². The average Bonchev–Trinajstić information content (AvgIpc) is 3.20. The Morgan fingerprint density at radius 2 is 2.14 bits per heavy atom. The first-order chi connectivity index (χ1) is 14.1. The number of hydrogen-bond acceptors (Lipinski definition) is 5. The van der Waals surface area contributed by atoms with Crippen LogP contribution in [0.15, 0.2) is 40.7 Å². The van der Waals surface area contributed by atoms with Crippen LogP contribution < -0.4 is 10.6 Å². The van der Waals surface area contributed by atoms with Gasteiger partial charge < -0.3 is 15.4 Å². The van der Waals surface area contributed by atoms with Gasteiger partial charge in [-0.05, 0) is 12.8 Å². The molecular formula is C22H33N5OS.